The molecule has 178 valence electrons. The van der Waals surface area contributed by atoms with Crippen LogP contribution in [0.25, 0.3) is 33.5 Å². The van der Waals surface area contributed by atoms with E-state index in [0.717, 1.165) is 16.7 Å². The average molecular weight is 492 g/mol. The Morgan fingerprint density at radius 1 is 0.943 bits per heavy atom. The zero-order chi connectivity index (χ0) is 23.9. The summed E-state index contributed by atoms with van der Waals surface area (Å²) >= 11 is 6.57. The molecule has 9 heteroatoms. The topological polar surface area (TPSA) is 95.6 Å². The first kappa shape index (κ1) is 22.0. The van der Waals surface area contributed by atoms with Crippen molar-refractivity contribution in [1.82, 2.24) is 15.0 Å². The highest BCUT2D eigenvalue weighted by Crippen LogP contribution is 2.33. The molecule has 2 aliphatic heterocycles. The Balaban J connectivity index is 1.21. The van der Waals surface area contributed by atoms with Gasteiger partial charge in [0.2, 0.25) is 0 Å². The number of hydrogen-bond donors (Lipinski definition) is 1. The van der Waals surface area contributed by atoms with E-state index in [1.807, 2.05) is 42.5 Å². The fourth-order valence-corrected chi connectivity index (χ4v) is 4.85. The number of fused-ring (bicyclic) bond motifs is 2. The van der Waals surface area contributed by atoms with Crippen molar-refractivity contribution < 1.29 is 23.7 Å². The van der Waals surface area contributed by atoms with Crippen LogP contribution in [0.5, 0.6) is 6.01 Å². The monoisotopic (exact) mass is 491 g/mol. The largest absolute Gasteiger partial charge is 0.457 e. The molecule has 4 aromatic rings. The molecule has 4 atom stereocenters. The van der Waals surface area contributed by atoms with Crippen LogP contribution >= 0.6 is 11.6 Å². The number of carbonyl (C=O) groups is 1. The summed E-state index contributed by atoms with van der Waals surface area (Å²) in [6.45, 7) is 1.95. The van der Waals surface area contributed by atoms with E-state index in [0.29, 0.717) is 34.5 Å². The van der Waals surface area contributed by atoms with Gasteiger partial charge < -0.3 is 23.9 Å². The lowest BCUT2D eigenvalue weighted by Gasteiger charge is -2.16. The summed E-state index contributed by atoms with van der Waals surface area (Å²) in [6, 6.07) is 20.4. The van der Waals surface area contributed by atoms with E-state index in [1.54, 1.807) is 6.07 Å². The molecule has 2 aliphatic rings. The average Bonchev–Trinajstić information content (AvgIpc) is 3.55. The van der Waals surface area contributed by atoms with Crippen molar-refractivity contribution in [2.45, 2.75) is 31.3 Å². The lowest BCUT2D eigenvalue weighted by atomic mass is 10.0. The molecule has 0 spiro atoms. The van der Waals surface area contributed by atoms with E-state index in [-0.39, 0.29) is 30.9 Å². The summed E-state index contributed by atoms with van der Waals surface area (Å²) in [6.07, 6.45) is -1.52. The molecule has 8 nitrogen and oxygen atoms in total. The van der Waals surface area contributed by atoms with Crippen molar-refractivity contribution in [1.29, 1.82) is 0 Å². The van der Waals surface area contributed by atoms with Crippen LogP contribution < -0.4 is 4.74 Å². The van der Waals surface area contributed by atoms with Crippen LogP contribution in [-0.2, 0) is 19.0 Å². The molecular formula is C26H22ClN3O5. The molecule has 0 unspecified atom stereocenters. The molecule has 2 fully saturated rings. The second kappa shape index (κ2) is 8.96. The number of nitrogens with one attached hydrogen (secondary N) is 1. The van der Waals surface area contributed by atoms with Gasteiger partial charge >= 0.3 is 5.97 Å². The Hall–Kier alpha value is -3.46. The third kappa shape index (κ3) is 4.25. The number of aromatic amines is 1. The number of carbonyl (C=O) groups excluding carboxylic acids is 1. The third-order valence-electron chi connectivity index (χ3n) is 6.21. The van der Waals surface area contributed by atoms with Crippen LogP contribution in [0.2, 0.25) is 5.02 Å². The minimum atomic E-state index is -0.432. The number of ether oxygens (including phenoxy) is 4. The van der Waals surface area contributed by atoms with Crippen molar-refractivity contribution in [2.24, 2.45) is 0 Å². The second-order valence-corrected chi connectivity index (χ2v) is 8.98. The first-order valence-corrected chi connectivity index (χ1v) is 11.7. The van der Waals surface area contributed by atoms with Crippen LogP contribution in [0.15, 0.2) is 60.7 Å². The number of esters is 1. The zero-order valence-electron chi connectivity index (χ0n) is 18.8. The van der Waals surface area contributed by atoms with Gasteiger partial charge in [-0.05, 0) is 17.2 Å². The molecule has 6 rings (SSSR count). The summed E-state index contributed by atoms with van der Waals surface area (Å²) in [5, 5.41) is 0.507. The van der Waals surface area contributed by atoms with Gasteiger partial charge in [-0.2, -0.15) is 4.98 Å². The van der Waals surface area contributed by atoms with Gasteiger partial charge in [-0.1, -0.05) is 66.2 Å². The molecule has 0 amide bonds. The van der Waals surface area contributed by atoms with Crippen molar-refractivity contribution in [3.05, 3.63) is 65.7 Å². The number of benzene rings is 2. The minimum Gasteiger partial charge on any atom is -0.457 e. The van der Waals surface area contributed by atoms with Gasteiger partial charge in [0.15, 0.2) is 17.9 Å². The SMILES string of the molecule is CC(=O)O[C@@H]1CO[C@H]2[C@@H]1OC[C@H]2Oc1nc2nc(-c3ccc(-c4ccccc4)cc3)c(Cl)cc2[nH]1. The first-order valence-electron chi connectivity index (χ1n) is 11.3. The van der Waals surface area contributed by atoms with Gasteiger partial charge in [-0.25, -0.2) is 4.98 Å². The van der Waals surface area contributed by atoms with Gasteiger partial charge in [0.1, 0.15) is 12.2 Å². The standard InChI is InChI=1S/C26H22ClN3O5/c1-14(31)34-20-12-32-24-21(13-33-23(20)24)35-26-28-19-11-18(27)22(29-25(19)30-26)17-9-7-16(8-10-17)15-5-3-2-4-6-15/h2-11,20-21,23-24H,12-13H2,1H3,(H,28,29,30)/t20-,21-,23-,24-/m1/s1. The summed E-state index contributed by atoms with van der Waals surface area (Å²) < 4.78 is 22.9. The maximum absolute atomic E-state index is 11.3. The molecule has 2 aromatic heterocycles. The molecule has 4 heterocycles. The Kier molecular flexibility index (Phi) is 5.64. The van der Waals surface area contributed by atoms with E-state index in [2.05, 4.69) is 27.1 Å². The quantitative estimate of drug-likeness (QED) is 0.413. The van der Waals surface area contributed by atoms with Crippen molar-refractivity contribution in [2.75, 3.05) is 13.2 Å². The second-order valence-electron chi connectivity index (χ2n) is 8.58. The number of H-pyrrole nitrogens is 1. The van der Waals surface area contributed by atoms with Crippen LogP contribution in [0.4, 0.5) is 0 Å². The Labute approximate surface area is 206 Å². The van der Waals surface area contributed by atoms with Crippen LogP contribution in [0.1, 0.15) is 6.92 Å². The van der Waals surface area contributed by atoms with E-state index in [4.69, 9.17) is 30.5 Å². The number of halogens is 1. The normalized spacial score (nSPS) is 23.4. The molecule has 0 aliphatic carbocycles. The summed E-state index contributed by atoms with van der Waals surface area (Å²) in [5.41, 5.74) is 4.95. The Bertz CT molecular complexity index is 1380. The van der Waals surface area contributed by atoms with Crippen molar-refractivity contribution >= 4 is 28.7 Å². The van der Waals surface area contributed by atoms with Crippen molar-refractivity contribution in [3.8, 4) is 28.4 Å². The fraction of sp³-hybridized carbons (Fsp3) is 0.269. The van der Waals surface area contributed by atoms with Gasteiger partial charge in [0.25, 0.3) is 6.01 Å². The zero-order valence-corrected chi connectivity index (χ0v) is 19.6. The Morgan fingerprint density at radius 3 is 2.34 bits per heavy atom. The highest BCUT2D eigenvalue weighted by atomic mass is 35.5. The van der Waals surface area contributed by atoms with Gasteiger partial charge in [-0.3, -0.25) is 4.79 Å². The lowest BCUT2D eigenvalue weighted by molar-refractivity contribution is -0.150. The summed E-state index contributed by atoms with van der Waals surface area (Å²) in [5.74, 6) is -0.363. The van der Waals surface area contributed by atoms with E-state index < -0.39 is 6.10 Å². The maximum Gasteiger partial charge on any atom is 0.303 e. The number of pyridine rings is 1. The minimum absolute atomic E-state index is 0.276. The van der Waals surface area contributed by atoms with Gasteiger partial charge in [0, 0.05) is 12.5 Å². The highest BCUT2D eigenvalue weighted by Gasteiger charge is 2.50. The molecule has 35 heavy (non-hydrogen) atoms. The molecular weight excluding hydrogens is 470 g/mol. The third-order valence-corrected chi connectivity index (χ3v) is 6.50. The highest BCUT2D eigenvalue weighted by molar-refractivity contribution is 6.33. The smallest absolute Gasteiger partial charge is 0.303 e. The molecule has 1 N–H and O–H groups in total. The van der Waals surface area contributed by atoms with E-state index in [1.165, 1.54) is 6.92 Å². The predicted molar refractivity (Wildman–Crippen MR) is 129 cm³/mol. The van der Waals surface area contributed by atoms with E-state index >= 15 is 0 Å². The maximum atomic E-state index is 11.3. The molecule has 0 bridgehead atoms. The van der Waals surface area contributed by atoms with E-state index in [9.17, 15) is 4.79 Å². The molecule has 2 aromatic carbocycles. The van der Waals surface area contributed by atoms with Crippen molar-refractivity contribution in [3.63, 3.8) is 0 Å². The van der Waals surface area contributed by atoms with Crippen LogP contribution in [0.3, 0.4) is 0 Å². The van der Waals surface area contributed by atoms with Gasteiger partial charge in [0.05, 0.1) is 29.4 Å². The molecule has 0 radical (unpaired) electrons. The first-order chi connectivity index (χ1) is 17.0. The predicted octanol–water partition coefficient (Wildman–Crippen LogP) is 4.42. The summed E-state index contributed by atoms with van der Waals surface area (Å²) in [7, 11) is 0. The van der Waals surface area contributed by atoms with Gasteiger partial charge in [-0.15, -0.1) is 0 Å². The number of aromatic nitrogens is 3. The number of rotatable bonds is 5. The number of nitrogens with zero attached hydrogens (tertiary/aromatic N) is 2. The fourth-order valence-electron chi connectivity index (χ4n) is 4.59. The lowest BCUT2D eigenvalue weighted by Crippen LogP contribution is -2.36. The van der Waals surface area contributed by atoms with Crippen LogP contribution in [-0.4, -0.2) is 58.6 Å². The molecule has 0 saturated carbocycles. The Morgan fingerprint density at radius 2 is 1.60 bits per heavy atom. The number of imidazole rings is 1. The number of hydrogen-bond acceptors (Lipinski definition) is 7. The summed E-state index contributed by atoms with van der Waals surface area (Å²) in [4.78, 5) is 23.6. The van der Waals surface area contributed by atoms with Crippen LogP contribution in [0, 0.1) is 0 Å². The molecule has 2 saturated heterocycles.